The van der Waals surface area contributed by atoms with Crippen molar-refractivity contribution in [1.82, 2.24) is 20.6 Å². The van der Waals surface area contributed by atoms with Crippen LogP contribution in [0.1, 0.15) is 31.3 Å². The molecule has 1 aromatic rings. The molecule has 0 aromatic carbocycles. The van der Waals surface area contributed by atoms with Crippen LogP contribution in [0.4, 0.5) is 0 Å². The van der Waals surface area contributed by atoms with Crippen molar-refractivity contribution >= 4 is 5.91 Å². The molecule has 1 unspecified atom stereocenters. The fraction of sp³-hybridized carbons (Fsp3) is 0.583. The van der Waals surface area contributed by atoms with Gasteiger partial charge in [-0.1, -0.05) is 0 Å². The summed E-state index contributed by atoms with van der Waals surface area (Å²) >= 11 is 0. The van der Waals surface area contributed by atoms with Gasteiger partial charge < -0.3 is 10.6 Å². The zero-order chi connectivity index (χ0) is 12.3. The van der Waals surface area contributed by atoms with Crippen LogP contribution in [0.25, 0.3) is 0 Å². The molecule has 5 nitrogen and oxygen atoms in total. The summed E-state index contributed by atoms with van der Waals surface area (Å²) in [6, 6.07) is 1.82. The van der Waals surface area contributed by atoms with Crippen molar-refractivity contribution in [2.24, 2.45) is 0 Å². The number of hydrogen-bond donors (Lipinski definition) is 2. The zero-order valence-corrected chi connectivity index (χ0v) is 10.3. The van der Waals surface area contributed by atoms with Crippen LogP contribution in [-0.2, 0) is 11.3 Å². The molecule has 92 valence electrons. The lowest BCUT2D eigenvalue weighted by Gasteiger charge is -2.22. The molecule has 1 amide bonds. The van der Waals surface area contributed by atoms with Gasteiger partial charge in [0.2, 0.25) is 5.91 Å². The molecule has 1 aliphatic rings. The first-order chi connectivity index (χ1) is 8.10. The lowest BCUT2D eigenvalue weighted by atomic mass is 9.99. The largest absolute Gasteiger partial charge is 0.349 e. The van der Waals surface area contributed by atoms with E-state index < -0.39 is 5.54 Å². The molecule has 1 aromatic heterocycles. The molecule has 17 heavy (non-hydrogen) atoms. The quantitative estimate of drug-likeness (QED) is 0.801. The fourth-order valence-electron chi connectivity index (χ4n) is 2.06. The van der Waals surface area contributed by atoms with Crippen molar-refractivity contribution in [3.05, 3.63) is 23.8 Å². The molecule has 0 aliphatic carbocycles. The van der Waals surface area contributed by atoms with Crippen molar-refractivity contribution in [1.29, 1.82) is 0 Å². The molecule has 0 saturated carbocycles. The Hall–Kier alpha value is -1.49. The standard InChI is InChI=1S/C12H18N4O/c1-9-13-7-4-10(16-9)8-14-11(17)12(2)5-3-6-15-12/h4,7,15H,3,5-6,8H2,1-2H3,(H,14,17). The number of nitrogens with zero attached hydrogens (tertiary/aromatic N) is 2. The van der Waals surface area contributed by atoms with Gasteiger partial charge in [0.05, 0.1) is 17.8 Å². The average molecular weight is 234 g/mol. The van der Waals surface area contributed by atoms with Gasteiger partial charge in [-0.15, -0.1) is 0 Å². The zero-order valence-electron chi connectivity index (χ0n) is 10.3. The maximum atomic E-state index is 12.0. The van der Waals surface area contributed by atoms with E-state index in [-0.39, 0.29) is 5.91 Å². The minimum Gasteiger partial charge on any atom is -0.349 e. The van der Waals surface area contributed by atoms with E-state index in [1.165, 1.54) is 0 Å². The molecule has 5 heteroatoms. The minimum absolute atomic E-state index is 0.0475. The summed E-state index contributed by atoms with van der Waals surface area (Å²) in [5, 5.41) is 6.15. The summed E-state index contributed by atoms with van der Waals surface area (Å²) < 4.78 is 0. The van der Waals surface area contributed by atoms with Gasteiger partial charge in [-0.05, 0) is 39.3 Å². The SMILES string of the molecule is Cc1nccc(CNC(=O)C2(C)CCCN2)n1. The summed E-state index contributed by atoms with van der Waals surface area (Å²) in [4.78, 5) is 20.3. The molecule has 2 N–H and O–H groups in total. The fourth-order valence-corrected chi connectivity index (χ4v) is 2.06. The van der Waals surface area contributed by atoms with Crippen molar-refractivity contribution in [3.63, 3.8) is 0 Å². The number of carbonyl (C=O) groups excluding carboxylic acids is 1. The summed E-state index contributed by atoms with van der Waals surface area (Å²) in [6.07, 6.45) is 3.65. The van der Waals surface area contributed by atoms with Gasteiger partial charge in [-0.2, -0.15) is 0 Å². The van der Waals surface area contributed by atoms with E-state index in [1.54, 1.807) is 6.20 Å². The van der Waals surface area contributed by atoms with E-state index in [0.29, 0.717) is 6.54 Å². The van der Waals surface area contributed by atoms with Gasteiger partial charge in [0.1, 0.15) is 5.82 Å². The Balaban J connectivity index is 1.92. The highest BCUT2D eigenvalue weighted by Gasteiger charge is 2.35. The van der Waals surface area contributed by atoms with Gasteiger partial charge in [0, 0.05) is 6.20 Å². The Kier molecular flexibility index (Phi) is 3.38. The van der Waals surface area contributed by atoms with Gasteiger partial charge in [-0.25, -0.2) is 9.97 Å². The average Bonchev–Trinajstić information content (AvgIpc) is 2.74. The molecule has 0 radical (unpaired) electrons. The summed E-state index contributed by atoms with van der Waals surface area (Å²) in [5.74, 6) is 0.771. The molecule has 1 atom stereocenters. The number of carbonyl (C=O) groups is 1. The van der Waals surface area contributed by atoms with Crippen molar-refractivity contribution in [3.8, 4) is 0 Å². The van der Waals surface area contributed by atoms with Gasteiger partial charge in [-0.3, -0.25) is 4.79 Å². The van der Waals surface area contributed by atoms with Crippen LogP contribution in [0.5, 0.6) is 0 Å². The van der Waals surface area contributed by atoms with Crippen LogP contribution in [0.15, 0.2) is 12.3 Å². The molecule has 1 fully saturated rings. The van der Waals surface area contributed by atoms with Crippen LogP contribution in [0.2, 0.25) is 0 Å². The number of aryl methyl sites for hydroxylation is 1. The second-order valence-electron chi connectivity index (χ2n) is 4.64. The van der Waals surface area contributed by atoms with E-state index >= 15 is 0 Å². The van der Waals surface area contributed by atoms with Crippen LogP contribution < -0.4 is 10.6 Å². The van der Waals surface area contributed by atoms with Crippen molar-refractivity contribution in [2.75, 3.05) is 6.54 Å². The molecule has 0 spiro atoms. The number of amides is 1. The third kappa shape index (κ3) is 2.79. The summed E-state index contributed by atoms with van der Waals surface area (Å²) in [7, 11) is 0. The Morgan fingerprint density at radius 3 is 3.12 bits per heavy atom. The third-order valence-electron chi connectivity index (χ3n) is 3.13. The predicted octanol–water partition coefficient (Wildman–Crippen LogP) is 0.543. The summed E-state index contributed by atoms with van der Waals surface area (Å²) in [6.45, 7) is 5.15. The van der Waals surface area contributed by atoms with Crippen LogP contribution in [0.3, 0.4) is 0 Å². The predicted molar refractivity (Wildman–Crippen MR) is 64.3 cm³/mol. The molecular formula is C12H18N4O. The highest BCUT2D eigenvalue weighted by atomic mass is 16.2. The maximum Gasteiger partial charge on any atom is 0.240 e. The number of aromatic nitrogens is 2. The lowest BCUT2D eigenvalue weighted by molar-refractivity contribution is -0.126. The minimum atomic E-state index is -0.415. The second kappa shape index (κ2) is 4.79. The normalized spacial score (nSPS) is 23.6. The Morgan fingerprint density at radius 1 is 1.65 bits per heavy atom. The van der Waals surface area contributed by atoms with E-state index in [9.17, 15) is 4.79 Å². The number of nitrogens with one attached hydrogen (secondary N) is 2. The van der Waals surface area contributed by atoms with Crippen LogP contribution in [-0.4, -0.2) is 28.0 Å². The maximum absolute atomic E-state index is 12.0. The number of rotatable bonds is 3. The van der Waals surface area contributed by atoms with Crippen molar-refractivity contribution in [2.45, 2.75) is 38.8 Å². The molecule has 0 bridgehead atoms. The topological polar surface area (TPSA) is 66.9 Å². The Labute approximate surface area is 101 Å². The van der Waals surface area contributed by atoms with E-state index in [4.69, 9.17) is 0 Å². The first-order valence-electron chi connectivity index (χ1n) is 5.92. The smallest absolute Gasteiger partial charge is 0.240 e. The molecule has 1 aliphatic heterocycles. The summed E-state index contributed by atoms with van der Waals surface area (Å²) in [5.41, 5.74) is 0.426. The first kappa shape index (κ1) is 12.0. The van der Waals surface area contributed by atoms with Gasteiger partial charge in [0.15, 0.2) is 0 Å². The lowest BCUT2D eigenvalue weighted by Crippen LogP contribution is -2.50. The molecule has 2 heterocycles. The monoisotopic (exact) mass is 234 g/mol. The van der Waals surface area contributed by atoms with E-state index in [2.05, 4.69) is 20.6 Å². The highest BCUT2D eigenvalue weighted by Crippen LogP contribution is 2.18. The molecule has 1 saturated heterocycles. The van der Waals surface area contributed by atoms with Gasteiger partial charge >= 0.3 is 0 Å². The van der Waals surface area contributed by atoms with Gasteiger partial charge in [0.25, 0.3) is 0 Å². The second-order valence-corrected chi connectivity index (χ2v) is 4.64. The molecular weight excluding hydrogens is 216 g/mol. The number of hydrogen-bond acceptors (Lipinski definition) is 4. The molecule has 2 rings (SSSR count). The third-order valence-corrected chi connectivity index (χ3v) is 3.13. The van der Waals surface area contributed by atoms with E-state index in [0.717, 1.165) is 30.9 Å². The van der Waals surface area contributed by atoms with Crippen LogP contribution in [0, 0.1) is 6.92 Å². The van der Waals surface area contributed by atoms with E-state index in [1.807, 2.05) is 19.9 Å². The van der Waals surface area contributed by atoms with Crippen molar-refractivity contribution < 1.29 is 4.79 Å². The Morgan fingerprint density at radius 2 is 2.47 bits per heavy atom. The Bertz CT molecular complexity index is 413. The van der Waals surface area contributed by atoms with Crippen LogP contribution >= 0.6 is 0 Å². The highest BCUT2D eigenvalue weighted by molar-refractivity contribution is 5.86. The first-order valence-corrected chi connectivity index (χ1v) is 5.92.